The highest BCUT2D eigenvalue weighted by atomic mass is 19.1. The van der Waals surface area contributed by atoms with Gasteiger partial charge in [-0.05, 0) is 31.5 Å². The fourth-order valence-electron chi connectivity index (χ4n) is 2.32. The first-order valence-corrected chi connectivity index (χ1v) is 6.97. The summed E-state index contributed by atoms with van der Waals surface area (Å²) in [5.74, 6) is -0.945. The van der Waals surface area contributed by atoms with Crippen LogP contribution >= 0.6 is 0 Å². The third kappa shape index (κ3) is 2.48. The molecule has 0 radical (unpaired) electrons. The number of hydrogen-bond acceptors (Lipinski definition) is 6. The summed E-state index contributed by atoms with van der Waals surface area (Å²) in [7, 11) is 0. The number of hydrogen-bond donors (Lipinski definition) is 1. The number of rotatable bonds is 3. The fourth-order valence-corrected chi connectivity index (χ4v) is 2.32. The van der Waals surface area contributed by atoms with Gasteiger partial charge in [-0.3, -0.25) is 0 Å². The van der Waals surface area contributed by atoms with Gasteiger partial charge in [0, 0.05) is 0 Å². The maximum atomic E-state index is 13.1. The highest BCUT2D eigenvalue weighted by molar-refractivity contribution is 5.93. The van der Waals surface area contributed by atoms with Crippen molar-refractivity contribution in [1.82, 2.24) is 19.8 Å². The average Bonchev–Trinajstić information content (AvgIpc) is 2.86. The summed E-state index contributed by atoms with van der Waals surface area (Å²) < 4.78 is 19.3. The molecule has 0 aliphatic heterocycles. The molecule has 0 spiro atoms. The van der Waals surface area contributed by atoms with E-state index in [1.807, 2.05) is 0 Å². The molecule has 3 aromatic rings. The number of nitrogens with zero attached hydrogens (tertiary/aromatic N) is 4. The van der Waals surface area contributed by atoms with Crippen molar-refractivity contribution >= 4 is 17.4 Å². The van der Waals surface area contributed by atoms with E-state index < -0.39 is 5.97 Å². The minimum atomic E-state index is -0.657. The molecular weight excluding hydrogens is 301 g/mol. The van der Waals surface area contributed by atoms with Crippen LogP contribution in [-0.4, -0.2) is 32.4 Å². The van der Waals surface area contributed by atoms with Gasteiger partial charge in [0.2, 0.25) is 5.69 Å². The molecule has 0 saturated carbocycles. The van der Waals surface area contributed by atoms with E-state index in [-0.39, 0.29) is 23.9 Å². The highest BCUT2D eigenvalue weighted by Gasteiger charge is 2.21. The van der Waals surface area contributed by atoms with Crippen molar-refractivity contribution in [3.63, 3.8) is 0 Å². The number of fused-ring (bicyclic) bond motifs is 1. The topological polar surface area (TPSA) is 95.4 Å². The number of aromatic nitrogens is 4. The Labute approximate surface area is 130 Å². The quantitative estimate of drug-likeness (QED) is 0.743. The summed E-state index contributed by atoms with van der Waals surface area (Å²) in [6.45, 7) is 3.67. The lowest BCUT2D eigenvalue weighted by atomic mass is 10.1. The molecule has 0 aliphatic rings. The number of carbonyl (C=O) groups excluding carboxylic acids is 1. The zero-order valence-corrected chi connectivity index (χ0v) is 12.6. The molecule has 0 fully saturated rings. The predicted octanol–water partition coefficient (Wildman–Crippen LogP) is 2.00. The third-order valence-electron chi connectivity index (χ3n) is 3.35. The average molecular weight is 315 g/mol. The minimum absolute atomic E-state index is 0.0462. The Morgan fingerprint density at radius 3 is 2.65 bits per heavy atom. The maximum Gasteiger partial charge on any atom is 0.362 e. The van der Waals surface area contributed by atoms with Crippen molar-refractivity contribution in [1.29, 1.82) is 0 Å². The van der Waals surface area contributed by atoms with Crippen LogP contribution in [0.1, 0.15) is 23.1 Å². The van der Waals surface area contributed by atoms with Gasteiger partial charge < -0.3 is 10.5 Å². The van der Waals surface area contributed by atoms with E-state index in [9.17, 15) is 9.18 Å². The van der Waals surface area contributed by atoms with Crippen molar-refractivity contribution in [2.45, 2.75) is 13.8 Å². The van der Waals surface area contributed by atoms with Gasteiger partial charge in [-0.2, -0.15) is 9.61 Å². The summed E-state index contributed by atoms with van der Waals surface area (Å²) in [5.41, 5.74) is 8.32. The molecule has 2 aromatic heterocycles. The largest absolute Gasteiger partial charge is 0.461 e. The first kappa shape index (κ1) is 14.9. The number of anilines is 1. The first-order valence-electron chi connectivity index (χ1n) is 6.97. The normalized spacial score (nSPS) is 10.9. The van der Waals surface area contributed by atoms with Gasteiger partial charge in [-0.15, -0.1) is 10.2 Å². The standard InChI is InChI=1S/C15H14FN5O2/c1-3-23-15(22)12-13(17)21-14(19-18-12)11(8(2)20-21)9-4-6-10(16)7-5-9/h4-7H,3,17H2,1-2H3. The Hall–Kier alpha value is -3.03. The van der Waals surface area contributed by atoms with E-state index >= 15 is 0 Å². The first-order chi connectivity index (χ1) is 11.0. The number of esters is 1. The second-order valence-corrected chi connectivity index (χ2v) is 4.86. The van der Waals surface area contributed by atoms with Crippen LogP contribution in [0.2, 0.25) is 0 Å². The van der Waals surface area contributed by atoms with Gasteiger partial charge in [-0.25, -0.2) is 9.18 Å². The van der Waals surface area contributed by atoms with Gasteiger partial charge in [-0.1, -0.05) is 12.1 Å². The van der Waals surface area contributed by atoms with Crippen LogP contribution < -0.4 is 5.73 Å². The molecule has 0 aliphatic carbocycles. The number of benzene rings is 1. The predicted molar refractivity (Wildman–Crippen MR) is 81.3 cm³/mol. The molecule has 0 saturated heterocycles. The second kappa shape index (κ2) is 5.64. The SMILES string of the molecule is CCOC(=O)c1nnc2c(-c3ccc(F)cc3)c(C)nn2c1N. The lowest BCUT2D eigenvalue weighted by Gasteiger charge is -2.05. The molecule has 3 rings (SSSR count). The zero-order chi connectivity index (χ0) is 16.6. The Kier molecular flexibility index (Phi) is 3.65. The molecule has 0 amide bonds. The number of nitrogen functional groups attached to an aromatic ring is 1. The zero-order valence-electron chi connectivity index (χ0n) is 12.6. The van der Waals surface area contributed by atoms with E-state index in [4.69, 9.17) is 10.5 Å². The number of aryl methyl sites for hydroxylation is 1. The molecule has 1 aromatic carbocycles. The van der Waals surface area contributed by atoms with Crippen LogP contribution in [0.3, 0.4) is 0 Å². The summed E-state index contributed by atoms with van der Waals surface area (Å²) in [4.78, 5) is 11.8. The van der Waals surface area contributed by atoms with Gasteiger partial charge in [0.25, 0.3) is 0 Å². The van der Waals surface area contributed by atoms with Gasteiger partial charge in [0.15, 0.2) is 11.5 Å². The number of halogens is 1. The second-order valence-electron chi connectivity index (χ2n) is 4.86. The smallest absolute Gasteiger partial charge is 0.362 e. The van der Waals surface area contributed by atoms with Crippen LogP contribution in [-0.2, 0) is 4.74 Å². The van der Waals surface area contributed by atoms with Crippen LogP contribution in [0.25, 0.3) is 16.8 Å². The van der Waals surface area contributed by atoms with E-state index in [2.05, 4.69) is 15.3 Å². The van der Waals surface area contributed by atoms with E-state index in [0.29, 0.717) is 16.9 Å². The number of ether oxygens (including phenoxy) is 1. The summed E-state index contributed by atoms with van der Waals surface area (Å²) in [6.07, 6.45) is 0. The molecule has 2 N–H and O–H groups in total. The van der Waals surface area contributed by atoms with Crippen molar-refractivity contribution in [3.05, 3.63) is 41.5 Å². The highest BCUT2D eigenvalue weighted by Crippen LogP contribution is 2.28. The summed E-state index contributed by atoms with van der Waals surface area (Å²) in [6, 6.07) is 5.94. The van der Waals surface area contributed by atoms with Crippen molar-refractivity contribution in [2.24, 2.45) is 0 Å². The maximum absolute atomic E-state index is 13.1. The number of nitrogens with two attached hydrogens (primary N) is 1. The van der Waals surface area contributed by atoms with Gasteiger partial charge in [0.1, 0.15) is 5.82 Å². The van der Waals surface area contributed by atoms with Crippen LogP contribution in [0.4, 0.5) is 10.2 Å². The summed E-state index contributed by atoms with van der Waals surface area (Å²) >= 11 is 0. The third-order valence-corrected chi connectivity index (χ3v) is 3.35. The van der Waals surface area contributed by atoms with Crippen molar-refractivity contribution < 1.29 is 13.9 Å². The minimum Gasteiger partial charge on any atom is -0.461 e. The number of carbonyl (C=O) groups is 1. The Bertz CT molecular complexity index is 889. The molecule has 2 heterocycles. The Balaban J connectivity index is 2.19. The van der Waals surface area contributed by atoms with E-state index in [1.54, 1.807) is 26.0 Å². The Morgan fingerprint density at radius 1 is 1.30 bits per heavy atom. The van der Waals surface area contributed by atoms with Gasteiger partial charge >= 0.3 is 5.97 Å². The molecule has 23 heavy (non-hydrogen) atoms. The lowest BCUT2D eigenvalue weighted by Crippen LogP contribution is -2.15. The summed E-state index contributed by atoms with van der Waals surface area (Å²) in [5, 5.41) is 12.2. The lowest BCUT2D eigenvalue weighted by molar-refractivity contribution is 0.0519. The van der Waals surface area contributed by atoms with Crippen LogP contribution in [0.15, 0.2) is 24.3 Å². The fraction of sp³-hybridized carbons (Fsp3) is 0.200. The monoisotopic (exact) mass is 315 g/mol. The Morgan fingerprint density at radius 2 is 2.00 bits per heavy atom. The van der Waals surface area contributed by atoms with Crippen molar-refractivity contribution in [2.75, 3.05) is 12.3 Å². The molecule has 0 atom stereocenters. The molecule has 0 bridgehead atoms. The van der Waals surface area contributed by atoms with Gasteiger partial charge in [0.05, 0.1) is 17.9 Å². The van der Waals surface area contributed by atoms with E-state index in [1.165, 1.54) is 16.6 Å². The molecule has 8 heteroatoms. The van der Waals surface area contributed by atoms with Crippen LogP contribution in [0.5, 0.6) is 0 Å². The molecule has 118 valence electrons. The van der Waals surface area contributed by atoms with Crippen LogP contribution in [0, 0.1) is 12.7 Å². The molecule has 7 nitrogen and oxygen atoms in total. The van der Waals surface area contributed by atoms with E-state index in [0.717, 1.165) is 5.56 Å². The molecular formula is C15H14FN5O2. The van der Waals surface area contributed by atoms with Crippen molar-refractivity contribution in [3.8, 4) is 11.1 Å². The molecule has 0 unspecified atom stereocenters.